The van der Waals surface area contributed by atoms with Gasteiger partial charge in [0.1, 0.15) is 5.69 Å². The maximum atomic E-state index is 12.3. The zero-order valence-corrected chi connectivity index (χ0v) is 15.9. The smallest absolute Gasteiger partial charge is 0.292 e. The zero-order valence-electron chi connectivity index (χ0n) is 15.0. The molecular weight excluding hydrogens is 356 g/mol. The quantitative estimate of drug-likeness (QED) is 0.382. The molecule has 3 rings (SSSR count). The molecule has 1 spiro atoms. The first-order valence-corrected chi connectivity index (χ1v) is 8.99. The number of nitro benzene ring substituents is 1. The lowest BCUT2D eigenvalue weighted by Gasteiger charge is -2.23. The number of carbonyl (C=O) groups excluding carboxylic acids is 1. The Labute approximate surface area is 159 Å². The Balaban J connectivity index is 0.00000243. The minimum Gasteiger partial charge on any atom is -0.379 e. The first-order valence-electron chi connectivity index (χ1n) is 8.99. The third kappa shape index (κ3) is 4.65. The molecule has 0 radical (unpaired) electrons. The molecule has 144 valence electrons. The molecule has 0 aromatic heterocycles. The summed E-state index contributed by atoms with van der Waals surface area (Å²) in [6.07, 6.45) is 3.96. The number of hydrogen-bond donors (Lipinski definition) is 3. The number of piperidine rings is 1. The SMILES string of the molecule is Cc1ccc(NCCCNC(=O)C2CC23CCNCC3)c([N+](=O)[O-])c1.Cl. The van der Waals surface area contributed by atoms with Gasteiger partial charge in [-0.2, -0.15) is 0 Å². The molecule has 1 saturated heterocycles. The summed E-state index contributed by atoms with van der Waals surface area (Å²) in [5.41, 5.74) is 1.74. The van der Waals surface area contributed by atoms with Crippen molar-refractivity contribution in [3.05, 3.63) is 33.9 Å². The summed E-state index contributed by atoms with van der Waals surface area (Å²) in [6, 6.07) is 5.15. The van der Waals surface area contributed by atoms with Crippen molar-refractivity contribution >= 4 is 29.7 Å². The third-order valence-electron chi connectivity index (χ3n) is 5.42. The van der Waals surface area contributed by atoms with Crippen molar-refractivity contribution in [3.63, 3.8) is 0 Å². The van der Waals surface area contributed by atoms with Crippen LogP contribution in [0.1, 0.15) is 31.2 Å². The molecule has 26 heavy (non-hydrogen) atoms. The average molecular weight is 383 g/mol. The van der Waals surface area contributed by atoms with Crippen molar-refractivity contribution in [1.82, 2.24) is 10.6 Å². The van der Waals surface area contributed by atoms with E-state index < -0.39 is 0 Å². The summed E-state index contributed by atoms with van der Waals surface area (Å²) in [5.74, 6) is 0.351. The number of anilines is 1. The maximum absolute atomic E-state index is 12.3. The zero-order chi connectivity index (χ0) is 17.9. The molecule has 1 aliphatic heterocycles. The van der Waals surface area contributed by atoms with Crippen LogP contribution in [-0.2, 0) is 4.79 Å². The third-order valence-corrected chi connectivity index (χ3v) is 5.42. The molecule has 0 bridgehead atoms. The largest absolute Gasteiger partial charge is 0.379 e. The van der Waals surface area contributed by atoms with Gasteiger partial charge in [-0.15, -0.1) is 12.4 Å². The van der Waals surface area contributed by atoms with Crippen LogP contribution >= 0.6 is 12.4 Å². The predicted octanol–water partition coefficient (Wildman–Crippen LogP) is 2.63. The second-order valence-electron chi connectivity index (χ2n) is 7.22. The first-order chi connectivity index (χ1) is 12.0. The number of nitrogens with zero attached hydrogens (tertiary/aromatic N) is 1. The van der Waals surface area contributed by atoms with Crippen LogP contribution in [0.4, 0.5) is 11.4 Å². The van der Waals surface area contributed by atoms with Crippen molar-refractivity contribution in [1.29, 1.82) is 0 Å². The van der Waals surface area contributed by atoms with Gasteiger partial charge in [-0.3, -0.25) is 14.9 Å². The molecular formula is C18H27ClN4O3. The molecule has 2 aliphatic rings. The van der Waals surface area contributed by atoms with Crippen LogP contribution in [0.2, 0.25) is 0 Å². The summed E-state index contributed by atoms with van der Waals surface area (Å²) < 4.78 is 0. The predicted molar refractivity (Wildman–Crippen MR) is 104 cm³/mol. The second kappa shape index (κ2) is 8.68. The average Bonchev–Trinajstić information content (AvgIpc) is 3.29. The Kier molecular flexibility index (Phi) is 6.83. The normalized spacial score (nSPS) is 20.1. The van der Waals surface area contributed by atoms with E-state index in [1.807, 2.05) is 13.0 Å². The van der Waals surface area contributed by atoms with Crippen LogP contribution in [0.25, 0.3) is 0 Å². The van der Waals surface area contributed by atoms with Crippen LogP contribution in [-0.4, -0.2) is 37.0 Å². The van der Waals surface area contributed by atoms with Gasteiger partial charge < -0.3 is 16.0 Å². The molecule has 1 aliphatic carbocycles. The number of aryl methyl sites for hydroxylation is 1. The fourth-order valence-electron chi connectivity index (χ4n) is 3.78. The van der Waals surface area contributed by atoms with E-state index in [-0.39, 0.29) is 40.3 Å². The monoisotopic (exact) mass is 382 g/mol. The van der Waals surface area contributed by atoms with Gasteiger partial charge in [0.05, 0.1) is 4.92 Å². The van der Waals surface area contributed by atoms with E-state index in [1.54, 1.807) is 12.1 Å². The topological polar surface area (TPSA) is 96.3 Å². The van der Waals surface area contributed by atoms with Gasteiger partial charge in [0, 0.05) is 25.1 Å². The molecule has 2 fully saturated rings. The van der Waals surface area contributed by atoms with Crippen molar-refractivity contribution in [2.24, 2.45) is 11.3 Å². The Hall–Kier alpha value is -1.86. The number of rotatable bonds is 7. The van der Waals surface area contributed by atoms with E-state index in [4.69, 9.17) is 0 Å². The summed E-state index contributed by atoms with van der Waals surface area (Å²) in [5, 5.41) is 20.5. The Morgan fingerprint density at radius 1 is 1.35 bits per heavy atom. The highest BCUT2D eigenvalue weighted by Gasteiger charge is 2.57. The number of carbonyl (C=O) groups is 1. The Morgan fingerprint density at radius 2 is 2.08 bits per heavy atom. The number of nitro groups is 1. The highest BCUT2D eigenvalue weighted by atomic mass is 35.5. The molecule has 3 N–H and O–H groups in total. The fourth-order valence-corrected chi connectivity index (χ4v) is 3.78. The van der Waals surface area contributed by atoms with E-state index in [1.165, 1.54) is 0 Å². The summed E-state index contributed by atoms with van der Waals surface area (Å²) in [7, 11) is 0. The van der Waals surface area contributed by atoms with Crippen LogP contribution in [0.15, 0.2) is 18.2 Å². The van der Waals surface area contributed by atoms with Crippen molar-refractivity contribution in [2.45, 2.75) is 32.6 Å². The first kappa shape index (κ1) is 20.5. The number of hydrogen-bond acceptors (Lipinski definition) is 5. The van der Waals surface area contributed by atoms with E-state index in [9.17, 15) is 14.9 Å². The van der Waals surface area contributed by atoms with Gasteiger partial charge >= 0.3 is 0 Å². The van der Waals surface area contributed by atoms with Crippen molar-refractivity contribution in [3.8, 4) is 0 Å². The van der Waals surface area contributed by atoms with Gasteiger partial charge in [-0.05, 0) is 62.7 Å². The number of amides is 1. The highest BCUT2D eigenvalue weighted by Crippen LogP contribution is 2.58. The summed E-state index contributed by atoms with van der Waals surface area (Å²) >= 11 is 0. The number of nitrogens with one attached hydrogen (secondary N) is 3. The van der Waals surface area contributed by atoms with Crippen LogP contribution in [0.5, 0.6) is 0 Å². The van der Waals surface area contributed by atoms with E-state index >= 15 is 0 Å². The van der Waals surface area contributed by atoms with Gasteiger partial charge in [0.2, 0.25) is 5.91 Å². The second-order valence-corrected chi connectivity index (χ2v) is 7.22. The molecule has 1 unspecified atom stereocenters. The van der Waals surface area contributed by atoms with Crippen molar-refractivity contribution in [2.75, 3.05) is 31.5 Å². The molecule has 1 saturated carbocycles. The number of halogens is 1. The lowest BCUT2D eigenvalue weighted by molar-refractivity contribution is -0.384. The van der Waals surface area contributed by atoms with Crippen molar-refractivity contribution < 1.29 is 9.72 Å². The summed E-state index contributed by atoms with van der Waals surface area (Å²) in [6.45, 7) is 5.05. The molecule has 1 amide bonds. The Morgan fingerprint density at radius 3 is 2.77 bits per heavy atom. The molecule has 1 heterocycles. The number of benzene rings is 1. The van der Waals surface area contributed by atoms with Crippen LogP contribution in [0, 0.1) is 28.4 Å². The van der Waals surface area contributed by atoms with E-state index in [0.717, 1.165) is 44.3 Å². The lowest BCUT2D eigenvalue weighted by Crippen LogP contribution is -2.34. The van der Waals surface area contributed by atoms with Crippen LogP contribution in [0.3, 0.4) is 0 Å². The maximum Gasteiger partial charge on any atom is 0.292 e. The summed E-state index contributed by atoms with van der Waals surface area (Å²) in [4.78, 5) is 23.0. The molecule has 1 aromatic rings. The van der Waals surface area contributed by atoms with Gasteiger partial charge in [0.25, 0.3) is 5.69 Å². The van der Waals surface area contributed by atoms with E-state index in [0.29, 0.717) is 18.8 Å². The minimum atomic E-state index is -0.372. The highest BCUT2D eigenvalue weighted by molar-refractivity contribution is 5.85. The fraction of sp³-hybridized carbons (Fsp3) is 0.611. The molecule has 1 aromatic carbocycles. The van der Waals surface area contributed by atoms with Gasteiger partial charge in [-0.25, -0.2) is 0 Å². The standard InChI is InChI=1S/C18H26N4O3.ClH/c1-13-3-4-15(16(11-13)22(24)25)20-7-2-8-21-17(23)14-12-18(14)5-9-19-10-6-18;/h3-4,11,14,19-20H,2,5-10,12H2,1H3,(H,21,23);1H. The van der Waals surface area contributed by atoms with Crippen LogP contribution < -0.4 is 16.0 Å². The lowest BCUT2D eigenvalue weighted by atomic mass is 9.92. The van der Waals surface area contributed by atoms with E-state index in [2.05, 4.69) is 16.0 Å². The molecule has 7 nitrogen and oxygen atoms in total. The Bertz CT molecular complexity index is 662. The molecule has 1 atom stereocenters. The minimum absolute atomic E-state index is 0. The van der Waals surface area contributed by atoms with Gasteiger partial charge in [-0.1, -0.05) is 6.07 Å². The van der Waals surface area contributed by atoms with Gasteiger partial charge in [0.15, 0.2) is 0 Å². The molecule has 8 heteroatoms.